The summed E-state index contributed by atoms with van der Waals surface area (Å²) in [6, 6.07) is 8.06. The van der Waals surface area contributed by atoms with E-state index in [2.05, 4.69) is 111 Å². The van der Waals surface area contributed by atoms with Crippen molar-refractivity contribution in [3.05, 3.63) is 35.9 Å². The van der Waals surface area contributed by atoms with Gasteiger partial charge in [0.25, 0.3) is 0 Å². The van der Waals surface area contributed by atoms with E-state index in [1.54, 1.807) is 11.8 Å². The van der Waals surface area contributed by atoms with E-state index in [0.717, 1.165) is 5.56 Å². The van der Waals surface area contributed by atoms with Crippen LogP contribution in [0.2, 0.25) is 0 Å². The average Bonchev–Trinajstić information content (AvgIpc) is 2.45. The van der Waals surface area contributed by atoms with Crippen molar-refractivity contribution in [2.45, 2.75) is 9.18 Å². The van der Waals surface area contributed by atoms with Gasteiger partial charge in [-0.25, -0.2) is 15.0 Å². The molecule has 0 spiro atoms. The largest absolute Gasteiger partial charge is 0.211 e. The minimum atomic E-state index is -0.725. The second-order valence-corrected chi connectivity index (χ2v) is 18.4. The van der Waals surface area contributed by atoms with Crippen molar-refractivity contribution in [1.29, 1.82) is 0 Å². The minimum absolute atomic E-state index is 0.504. The van der Waals surface area contributed by atoms with Gasteiger partial charge in [0.05, 0.1) is 0 Å². The molecule has 0 aliphatic heterocycles. The number of thioether (sulfide) groups is 1. The van der Waals surface area contributed by atoms with Gasteiger partial charge in [-0.1, -0.05) is 108 Å². The van der Waals surface area contributed by atoms with Crippen molar-refractivity contribution in [2.24, 2.45) is 0 Å². The zero-order valence-corrected chi connectivity index (χ0v) is 21.2. The van der Waals surface area contributed by atoms with Crippen LogP contribution in [0, 0.1) is 0 Å². The highest BCUT2D eigenvalue weighted by Gasteiger charge is 2.32. The zero-order chi connectivity index (χ0) is 16.5. The van der Waals surface area contributed by atoms with Gasteiger partial charge in [0.2, 0.25) is 0 Å². The Bertz CT molecular complexity index is 634. The van der Waals surface area contributed by atoms with Crippen LogP contribution in [-0.4, -0.2) is 21.2 Å². The smallest absolute Gasteiger partial charge is 0.194 e. The Labute approximate surface area is 183 Å². The Balaban J connectivity index is 2.59. The molecule has 0 radical (unpaired) electrons. The van der Waals surface area contributed by atoms with Crippen molar-refractivity contribution in [3.8, 4) is 11.4 Å². The monoisotopic (exact) mass is 699 g/mol. The quantitative estimate of drug-likeness (QED) is 0.254. The molecule has 0 fully saturated rings. The third-order valence-corrected chi connectivity index (χ3v) is 5.36. The lowest BCUT2D eigenvalue weighted by Gasteiger charge is -2.17. The third kappa shape index (κ3) is 5.23. The standard InChI is InChI=1S/C12H7Br6N3S/c1-22-7-4-2-6(3-5-7)8-19-9(11(13,14)15)21-10(20-8)12(16,17)18/h2-5H,1H3. The first-order valence-electron chi connectivity index (χ1n) is 5.66. The Hall–Kier alpha value is 1.46. The summed E-state index contributed by atoms with van der Waals surface area (Å²) < 4.78 is -1.45. The maximum Gasteiger partial charge on any atom is 0.194 e. The molecular formula is C12H7Br6N3S. The molecule has 118 valence electrons. The summed E-state index contributed by atoms with van der Waals surface area (Å²) in [7, 11) is 0. The van der Waals surface area contributed by atoms with Gasteiger partial charge >= 0.3 is 0 Å². The van der Waals surface area contributed by atoms with Crippen molar-refractivity contribution in [2.75, 3.05) is 6.26 Å². The lowest BCUT2D eigenvalue weighted by atomic mass is 10.2. The molecule has 0 aliphatic rings. The number of nitrogens with zero attached hydrogens (tertiary/aromatic N) is 3. The Morgan fingerprint density at radius 3 is 1.59 bits per heavy atom. The molecule has 2 aromatic rings. The van der Waals surface area contributed by atoms with E-state index in [1.165, 1.54) is 4.90 Å². The predicted octanol–water partition coefficient (Wildman–Crippen LogP) is 6.85. The number of benzene rings is 1. The van der Waals surface area contributed by atoms with Gasteiger partial charge in [-0.15, -0.1) is 11.8 Å². The van der Waals surface area contributed by atoms with Gasteiger partial charge in [0, 0.05) is 10.5 Å². The molecule has 0 saturated heterocycles. The molecule has 10 heteroatoms. The molecule has 2 rings (SSSR count). The van der Waals surface area contributed by atoms with Gasteiger partial charge < -0.3 is 0 Å². The van der Waals surface area contributed by atoms with E-state index in [9.17, 15) is 0 Å². The Kier molecular flexibility index (Phi) is 7.00. The molecule has 0 bridgehead atoms. The molecule has 0 atom stereocenters. The van der Waals surface area contributed by atoms with Gasteiger partial charge in [0.15, 0.2) is 21.8 Å². The number of hydrogen-bond donors (Lipinski definition) is 0. The molecule has 0 amide bonds. The summed E-state index contributed by atoms with van der Waals surface area (Å²) in [5.74, 6) is 1.59. The second-order valence-electron chi connectivity index (χ2n) is 4.03. The first kappa shape index (κ1) is 19.8. The highest BCUT2D eigenvalue weighted by Crippen LogP contribution is 2.46. The molecule has 0 aliphatic carbocycles. The maximum atomic E-state index is 4.51. The normalized spacial score (nSPS) is 12.5. The zero-order valence-electron chi connectivity index (χ0n) is 10.8. The molecule has 1 heterocycles. The molecule has 0 saturated carbocycles. The molecular weight excluding hydrogens is 698 g/mol. The molecule has 22 heavy (non-hydrogen) atoms. The predicted molar refractivity (Wildman–Crippen MR) is 114 cm³/mol. The number of hydrogen-bond acceptors (Lipinski definition) is 4. The summed E-state index contributed by atoms with van der Waals surface area (Å²) in [6.07, 6.45) is 2.04. The topological polar surface area (TPSA) is 38.7 Å². The lowest BCUT2D eigenvalue weighted by molar-refractivity contribution is 0.893. The third-order valence-electron chi connectivity index (χ3n) is 2.49. The van der Waals surface area contributed by atoms with E-state index in [-0.39, 0.29) is 0 Å². The van der Waals surface area contributed by atoms with Crippen LogP contribution in [0.1, 0.15) is 11.6 Å². The SMILES string of the molecule is CSc1ccc(-c2nc(C(Br)(Br)Br)nc(C(Br)(Br)Br)n2)cc1. The summed E-state index contributed by atoms with van der Waals surface area (Å²) in [5, 5.41) is 0. The Morgan fingerprint density at radius 1 is 0.773 bits per heavy atom. The number of rotatable bonds is 2. The average molecular weight is 705 g/mol. The first-order valence-corrected chi connectivity index (χ1v) is 11.6. The highest BCUT2D eigenvalue weighted by atomic mass is 80.0. The van der Waals surface area contributed by atoms with E-state index in [4.69, 9.17) is 0 Å². The van der Waals surface area contributed by atoms with Gasteiger partial charge in [-0.3, -0.25) is 0 Å². The summed E-state index contributed by atoms with van der Waals surface area (Å²) in [6.45, 7) is 0. The molecule has 1 aromatic heterocycles. The lowest BCUT2D eigenvalue weighted by Crippen LogP contribution is -2.15. The molecule has 0 unspecified atom stereocenters. The first-order chi connectivity index (χ1) is 10.1. The molecule has 1 aromatic carbocycles. The maximum absolute atomic E-state index is 4.51. The van der Waals surface area contributed by atoms with Crippen LogP contribution in [0.25, 0.3) is 11.4 Å². The van der Waals surface area contributed by atoms with Gasteiger partial charge in [0.1, 0.15) is 0 Å². The van der Waals surface area contributed by atoms with Crippen molar-refractivity contribution < 1.29 is 0 Å². The summed E-state index contributed by atoms with van der Waals surface area (Å²) in [4.78, 5) is 14.6. The van der Waals surface area contributed by atoms with Crippen molar-refractivity contribution >= 4 is 107 Å². The number of alkyl halides is 6. The summed E-state index contributed by atoms with van der Waals surface area (Å²) >= 11 is 22.4. The second kappa shape index (κ2) is 7.78. The minimum Gasteiger partial charge on any atom is -0.211 e. The van der Waals surface area contributed by atoms with Crippen LogP contribution in [0.3, 0.4) is 0 Å². The fourth-order valence-corrected chi connectivity index (χ4v) is 2.97. The van der Waals surface area contributed by atoms with Crippen LogP contribution in [-0.2, 0) is 4.29 Å². The highest BCUT2D eigenvalue weighted by molar-refractivity contribution is 9.39. The molecule has 3 nitrogen and oxygen atoms in total. The number of halogens is 6. The van der Waals surface area contributed by atoms with E-state index in [0.29, 0.717) is 17.5 Å². The fourth-order valence-electron chi connectivity index (χ4n) is 1.50. The van der Waals surface area contributed by atoms with Crippen LogP contribution < -0.4 is 0 Å². The van der Waals surface area contributed by atoms with Gasteiger partial charge in [-0.2, -0.15) is 0 Å². The van der Waals surface area contributed by atoms with Crippen molar-refractivity contribution in [1.82, 2.24) is 15.0 Å². The van der Waals surface area contributed by atoms with Crippen LogP contribution in [0.5, 0.6) is 0 Å². The summed E-state index contributed by atoms with van der Waals surface area (Å²) in [5.41, 5.74) is 0.913. The van der Waals surface area contributed by atoms with Crippen LogP contribution >= 0.6 is 107 Å². The number of aromatic nitrogens is 3. The van der Waals surface area contributed by atoms with E-state index in [1.807, 2.05) is 30.5 Å². The fraction of sp³-hybridized carbons (Fsp3) is 0.250. The van der Waals surface area contributed by atoms with Crippen LogP contribution in [0.4, 0.5) is 0 Å². The molecule has 0 N–H and O–H groups in total. The van der Waals surface area contributed by atoms with E-state index >= 15 is 0 Å². The van der Waals surface area contributed by atoms with E-state index < -0.39 is 4.29 Å². The van der Waals surface area contributed by atoms with Gasteiger partial charge in [-0.05, 0) is 18.4 Å². The van der Waals surface area contributed by atoms with Crippen molar-refractivity contribution in [3.63, 3.8) is 0 Å². The Morgan fingerprint density at radius 2 is 1.23 bits per heavy atom. The van der Waals surface area contributed by atoms with Crippen LogP contribution in [0.15, 0.2) is 29.2 Å².